The average molecular weight is 1170 g/mol. The van der Waals surface area contributed by atoms with E-state index >= 15 is 0 Å². The maximum atomic E-state index is 13.2. The van der Waals surface area contributed by atoms with Gasteiger partial charge in [0.25, 0.3) is 11.2 Å². The fourth-order valence-electron chi connectivity index (χ4n) is 10.9. The van der Waals surface area contributed by atoms with Gasteiger partial charge in [-0.3, -0.25) is 0 Å². The molecule has 1 saturated heterocycles. The Morgan fingerprint density at radius 1 is 0.463 bits per heavy atom. The van der Waals surface area contributed by atoms with Crippen LogP contribution < -0.4 is 5.46 Å². The summed E-state index contributed by atoms with van der Waals surface area (Å²) in [6.45, 7) is 25.8. The molecule has 0 unspecified atom stereocenters. The molecule has 0 aromatic heterocycles. The van der Waals surface area contributed by atoms with Gasteiger partial charge in [0.15, 0.2) is 0 Å². The van der Waals surface area contributed by atoms with Crippen LogP contribution in [0.1, 0.15) is 162 Å². The van der Waals surface area contributed by atoms with Crippen molar-refractivity contribution in [2.75, 3.05) is 0 Å². The summed E-state index contributed by atoms with van der Waals surface area (Å²) < 4.78 is 170. The standard InChI is InChI=1S/C32H36F6O.C30H39BF6O3.CO2/c1-6-23-9-11-25(12-10-23)28-16-15-27(20-22(28)5)29(7-2,8-3)26-14-13-24(21(4)19-26)17-18-30(39,31(33,34)35)32(36,37)38;1-9-27(10-2,23-13-14-24(20(4)18-23)31-39-25(5,6)26(7,8)40-31)22-12-11-21(19(3)17-22)15-16-28(38,29(32,33)34)30(35,36)37;2-1-3/h9-16,19-20,39H,6-8,17-18H2,1-5H3;11-14,17-18,38H,9-10,15-16H2,1-8H3;. The third-order valence-electron chi connectivity index (χ3n) is 17.4. The first-order valence-electron chi connectivity index (χ1n) is 27.3. The normalized spacial score (nSPS) is 15.1. The molecule has 19 heteroatoms. The van der Waals surface area contributed by atoms with Crippen molar-refractivity contribution in [3.05, 3.63) is 158 Å². The van der Waals surface area contributed by atoms with Gasteiger partial charge in [0.1, 0.15) is 0 Å². The molecule has 5 aromatic rings. The van der Waals surface area contributed by atoms with Gasteiger partial charge in [-0.2, -0.15) is 62.3 Å². The molecule has 6 rings (SSSR count). The van der Waals surface area contributed by atoms with Crippen LogP contribution in [0, 0.1) is 27.7 Å². The van der Waals surface area contributed by atoms with Crippen LogP contribution in [0.5, 0.6) is 0 Å². The first-order valence-corrected chi connectivity index (χ1v) is 27.3. The lowest BCUT2D eigenvalue weighted by atomic mass is 9.67. The van der Waals surface area contributed by atoms with Crippen molar-refractivity contribution >= 4 is 18.7 Å². The molecule has 0 saturated carbocycles. The summed E-state index contributed by atoms with van der Waals surface area (Å²) in [6.07, 6.45) is -23.3. The Bertz CT molecular complexity index is 2940. The smallest absolute Gasteiger partial charge is 0.399 e. The third kappa shape index (κ3) is 14.0. The fourth-order valence-corrected chi connectivity index (χ4v) is 10.9. The molecule has 82 heavy (non-hydrogen) atoms. The zero-order valence-corrected chi connectivity index (χ0v) is 48.7. The fraction of sp³-hybridized carbons (Fsp3) is 0.508. The van der Waals surface area contributed by atoms with Crippen molar-refractivity contribution in [1.29, 1.82) is 0 Å². The molecular weight excluding hydrogens is 1090 g/mol. The quantitative estimate of drug-likeness (QED) is 0.0712. The van der Waals surface area contributed by atoms with E-state index in [-0.39, 0.29) is 11.6 Å². The summed E-state index contributed by atoms with van der Waals surface area (Å²) in [6, 6.07) is 31.4. The molecule has 1 heterocycles. The van der Waals surface area contributed by atoms with Gasteiger partial charge >= 0.3 is 38.0 Å². The Labute approximate surface area is 474 Å². The van der Waals surface area contributed by atoms with Crippen LogP contribution in [-0.4, -0.2) is 70.6 Å². The summed E-state index contributed by atoms with van der Waals surface area (Å²) in [4.78, 5) is 16.2. The van der Waals surface area contributed by atoms with E-state index in [0.717, 1.165) is 82.1 Å². The van der Waals surface area contributed by atoms with Crippen LogP contribution in [0.4, 0.5) is 52.7 Å². The second-order valence-electron chi connectivity index (χ2n) is 22.4. The first-order chi connectivity index (χ1) is 37.7. The molecule has 0 atom stereocenters. The highest BCUT2D eigenvalue weighted by Gasteiger charge is 2.70. The van der Waals surface area contributed by atoms with Gasteiger partial charge in [-0.15, -0.1) is 0 Å². The first kappa shape index (κ1) is 69.0. The molecule has 0 amide bonds. The predicted molar refractivity (Wildman–Crippen MR) is 294 cm³/mol. The largest absolute Gasteiger partial charge is 0.495 e. The molecule has 0 spiro atoms. The molecule has 1 aliphatic rings. The van der Waals surface area contributed by atoms with Crippen molar-refractivity contribution in [3.8, 4) is 11.1 Å². The van der Waals surface area contributed by atoms with Gasteiger partial charge < -0.3 is 19.5 Å². The van der Waals surface area contributed by atoms with E-state index in [4.69, 9.17) is 18.9 Å². The van der Waals surface area contributed by atoms with Crippen molar-refractivity contribution in [2.45, 2.75) is 206 Å². The Morgan fingerprint density at radius 2 is 0.780 bits per heavy atom. The van der Waals surface area contributed by atoms with Crippen molar-refractivity contribution in [1.82, 2.24) is 0 Å². The number of aliphatic hydroxyl groups is 2. The van der Waals surface area contributed by atoms with E-state index in [1.165, 1.54) is 5.56 Å². The number of benzene rings is 5. The number of hydrogen-bond acceptors (Lipinski definition) is 6. The third-order valence-corrected chi connectivity index (χ3v) is 17.4. The van der Waals surface area contributed by atoms with Gasteiger partial charge in [0, 0.05) is 10.8 Å². The molecule has 0 bridgehead atoms. The lowest BCUT2D eigenvalue weighted by Crippen LogP contribution is -2.57. The highest BCUT2D eigenvalue weighted by molar-refractivity contribution is 6.62. The zero-order chi connectivity index (χ0) is 62.5. The molecule has 0 aliphatic carbocycles. The molecule has 2 N–H and O–H groups in total. The van der Waals surface area contributed by atoms with E-state index in [2.05, 4.69) is 90.1 Å². The van der Waals surface area contributed by atoms with Crippen molar-refractivity contribution < 1.29 is 81.8 Å². The Hall–Kier alpha value is -5.46. The van der Waals surface area contributed by atoms with Crippen LogP contribution in [0.2, 0.25) is 0 Å². The van der Waals surface area contributed by atoms with Gasteiger partial charge in [-0.25, -0.2) is 0 Å². The SMILES string of the molecule is CCC(CC)(c1ccc(CCC(O)(C(F)(F)F)C(F)(F)F)c(C)c1)c1ccc(B2OC(C)(C)C(C)(C)O2)c(C)c1.CCc1ccc(-c2ccc(C(CC)(CC)c3ccc(CCC(O)(C(F)(F)F)C(F)(F)F)c(C)c3)cc2C)cc1.O=C=O. The summed E-state index contributed by atoms with van der Waals surface area (Å²) in [5.41, 5.74) is 1.15. The topological polar surface area (TPSA) is 93.1 Å². The number of rotatable bonds is 17. The highest BCUT2D eigenvalue weighted by atomic mass is 19.4. The average Bonchev–Trinajstić information content (AvgIpc) is 3.62. The Kier molecular flexibility index (Phi) is 21.7. The van der Waals surface area contributed by atoms with Crippen LogP contribution in [0.25, 0.3) is 11.1 Å². The maximum absolute atomic E-state index is 13.2. The number of aryl methyl sites for hydroxylation is 7. The molecule has 1 fully saturated rings. The lowest BCUT2D eigenvalue weighted by Gasteiger charge is -2.35. The summed E-state index contributed by atoms with van der Waals surface area (Å²) in [7, 11) is -0.509. The molecule has 5 aromatic carbocycles. The minimum absolute atomic E-state index is 0.250. The zero-order valence-electron chi connectivity index (χ0n) is 48.7. The van der Waals surface area contributed by atoms with Crippen LogP contribution in [0.3, 0.4) is 0 Å². The second kappa shape index (κ2) is 25.8. The molecule has 1 aliphatic heterocycles. The number of halogens is 12. The summed E-state index contributed by atoms with van der Waals surface area (Å²) in [5, 5.41) is 19.1. The van der Waals surface area contributed by atoms with Gasteiger partial charge in [0.2, 0.25) is 0 Å². The summed E-state index contributed by atoms with van der Waals surface area (Å²) >= 11 is 0. The van der Waals surface area contributed by atoms with E-state index < -0.39 is 85.3 Å². The number of carbonyl (C=O) groups excluding carboxylic acids is 2. The predicted octanol–water partition coefficient (Wildman–Crippen LogP) is 16.3. The lowest BCUT2D eigenvalue weighted by molar-refractivity contribution is -0.370. The second-order valence-corrected chi connectivity index (χ2v) is 22.4. The van der Waals surface area contributed by atoms with Crippen LogP contribution >= 0.6 is 0 Å². The summed E-state index contributed by atoms with van der Waals surface area (Å²) in [5.74, 6) is 0. The monoisotopic (exact) mass is 1170 g/mol. The van der Waals surface area contributed by atoms with E-state index in [0.29, 0.717) is 22.3 Å². The van der Waals surface area contributed by atoms with Crippen LogP contribution in [-0.2, 0) is 49.0 Å². The maximum Gasteiger partial charge on any atom is 0.495 e. The Balaban J connectivity index is 0.000000336. The van der Waals surface area contributed by atoms with E-state index in [9.17, 15) is 62.9 Å². The van der Waals surface area contributed by atoms with Crippen molar-refractivity contribution in [2.24, 2.45) is 0 Å². The van der Waals surface area contributed by atoms with E-state index in [1.807, 2.05) is 58.9 Å². The molecule has 0 radical (unpaired) electrons. The minimum Gasteiger partial charge on any atom is -0.399 e. The number of alkyl halides is 12. The molecule has 450 valence electrons. The molecule has 6 nitrogen and oxygen atoms in total. The number of hydrogen-bond donors (Lipinski definition) is 2. The van der Waals surface area contributed by atoms with E-state index in [1.54, 1.807) is 38.1 Å². The van der Waals surface area contributed by atoms with Gasteiger partial charge in [-0.05, 0) is 185 Å². The molecular formula is C63H75BF12O6. The minimum atomic E-state index is -5.83. The van der Waals surface area contributed by atoms with Crippen LogP contribution in [0.15, 0.2) is 97.1 Å². The van der Waals surface area contributed by atoms with Crippen molar-refractivity contribution in [3.63, 3.8) is 0 Å². The van der Waals surface area contributed by atoms with Gasteiger partial charge in [0.05, 0.1) is 11.2 Å². The highest BCUT2D eigenvalue weighted by Crippen LogP contribution is 2.49. The van der Waals surface area contributed by atoms with Gasteiger partial charge in [-0.1, -0.05) is 137 Å². The Morgan fingerprint density at radius 3 is 1.07 bits per heavy atom.